The number of urea groups is 1. The van der Waals surface area contributed by atoms with Crippen LogP contribution in [0.5, 0.6) is 0 Å². The molecule has 25 heavy (non-hydrogen) atoms. The van der Waals surface area contributed by atoms with Gasteiger partial charge < -0.3 is 14.8 Å². The Labute approximate surface area is 141 Å². The van der Waals surface area contributed by atoms with Gasteiger partial charge in [0, 0.05) is 12.3 Å². The topological polar surface area (TPSA) is 76.7 Å². The highest BCUT2D eigenvalue weighted by Gasteiger charge is 2.64. The molecular formula is C15H18F4N2O4. The van der Waals surface area contributed by atoms with Gasteiger partial charge in [-0.25, -0.2) is 14.0 Å². The van der Waals surface area contributed by atoms with E-state index in [9.17, 15) is 27.2 Å². The summed E-state index contributed by atoms with van der Waals surface area (Å²) in [6.07, 6.45) is -5.29. The fourth-order valence-corrected chi connectivity index (χ4v) is 1.91. The number of ether oxygens (including phenoxy) is 2. The molecule has 1 rings (SSSR count). The molecule has 0 fully saturated rings. The van der Waals surface area contributed by atoms with Gasteiger partial charge in [-0.1, -0.05) is 6.07 Å². The summed E-state index contributed by atoms with van der Waals surface area (Å²) in [6.45, 7) is 3.16. The molecule has 0 spiro atoms. The molecule has 6 nitrogen and oxygen atoms in total. The molecule has 1 aromatic rings. The van der Waals surface area contributed by atoms with Crippen molar-refractivity contribution in [1.82, 2.24) is 5.32 Å². The summed E-state index contributed by atoms with van der Waals surface area (Å²) in [5, 5.41) is 3.51. The minimum absolute atomic E-state index is 0.0612. The summed E-state index contributed by atoms with van der Waals surface area (Å²) in [5.41, 5.74) is -3.33. The number of alkyl halides is 3. The van der Waals surface area contributed by atoms with Crippen molar-refractivity contribution in [3.05, 3.63) is 29.6 Å². The van der Waals surface area contributed by atoms with Crippen LogP contribution in [0.4, 0.5) is 28.0 Å². The predicted octanol–water partition coefficient (Wildman–Crippen LogP) is 3.11. The number of benzene rings is 1. The molecule has 0 radical (unpaired) electrons. The third-order valence-electron chi connectivity index (χ3n) is 3.06. The van der Waals surface area contributed by atoms with Gasteiger partial charge in [-0.15, -0.1) is 0 Å². The Kier molecular flexibility index (Phi) is 6.74. The van der Waals surface area contributed by atoms with Crippen molar-refractivity contribution in [3.8, 4) is 0 Å². The minimum atomic E-state index is -5.29. The van der Waals surface area contributed by atoms with Gasteiger partial charge in [-0.3, -0.25) is 5.32 Å². The van der Waals surface area contributed by atoms with E-state index in [2.05, 4.69) is 14.8 Å². The zero-order valence-corrected chi connectivity index (χ0v) is 13.8. The van der Waals surface area contributed by atoms with Crippen molar-refractivity contribution in [3.63, 3.8) is 0 Å². The van der Waals surface area contributed by atoms with Crippen molar-refractivity contribution < 1.29 is 36.6 Å². The molecule has 1 atom stereocenters. The van der Waals surface area contributed by atoms with Crippen LogP contribution in [0.2, 0.25) is 0 Å². The molecule has 0 heterocycles. The standard InChI is InChI=1S/C15H18F4N2O4/c1-4-24-12(22)14(25-5-2,15(17,18)19)21-13(23)20-11-8-10(16)7-6-9(11)3/h6-8H,4-5H2,1-3H3,(H2,20,21,23). The van der Waals surface area contributed by atoms with E-state index in [0.717, 1.165) is 12.1 Å². The van der Waals surface area contributed by atoms with E-state index in [-0.39, 0.29) is 12.3 Å². The second kappa shape index (κ2) is 8.15. The van der Waals surface area contributed by atoms with Crippen molar-refractivity contribution in [2.45, 2.75) is 32.7 Å². The van der Waals surface area contributed by atoms with Gasteiger partial charge in [-0.2, -0.15) is 13.2 Å². The molecule has 1 aromatic carbocycles. The third kappa shape index (κ3) is 4.81. The number of anilines is 1. The molecule has 10 heteroatoms. The van der Waals surface area contributed by atoms with Crippen molar-refractivity contribution in [1.29, 1.82) is 0 Å². The summed E-state index contributed by atoms with van der Waals surface area (Å²) >= 11 is 0. The first kappa shape index (κ1) is 20.7. The van der Waals surface area contributed by atoms with Crippen LogP contribution >= 0.6 is 0 Å². The number of esters is 1. The van der Waals surface area contributed by atoms with E-state index in [1.165, 1.54) is 32.2 Å². The lowest BCUT2D eigenvalue weighted by Gasteiger charge is -2.33. The molecule has 0 aromatic heterocycles. The molecule has 0 saturated carbocycles. The third-order valence-corrected chi connectivity index (χ3v) is 3.06. The summed E-state index contributed by atoms with van der Waals surface area (Å²) in [5.74, 6) is -2.51. The Morgan fingerprint density at radius 1 is 1.16 bits per heavy atom. The van der Waals surface area contributed by atoms with Crippen molar-refractivity contribution in [2.75, 3.05) is 18.5 Å². The van der Waals surface area contributed by atoms with Gasteiger partial charge in [0.2, 0.25) is 0 Å². The summed E-state index contributed by atoms with van der Waals surface area (Å²) < 4.78 is 62.5. The molecule has 0 bridgehead atoms. The Morgan fingerprint density at radius 2 is 1.80 bits per heavy atom. The quantitative estimate of drug-likeness (QED) is 0.461. The SMILES string of the molecule is CCOC(=O)C(NC(=O)Nc1cc(F)ccc1C)(OCC)C(F)(F)F. The second-order valence-corrected chi connectivity index (χ2v) is 4.87. The van der Waals surface area contributed by atoms with E-state index >= 15 is 0 Å². The lowest BCUT2D eigenvalue weighted by molar-refractivity contribution is -0.282. The number of rotatable bonds is 6. The highest BCUT2D eigenvalue weighted by Crippen LogP contribution is 2.33. The number of carbonyl (C=O) groups is 2. The predicted molar refractivity (Wildman–Crippen MR) is 80.3 cm³/mol. The van der Waals surface area contributed by atoms with E-state index in [1.54, 1.807) is 0 Å². The van der Waals surface area contributed by atoms with Crippen molar-refractivity contribution >= 4 is 17.7 Å². The van der Waals surface area contributed by atoms with E-state index < -0.39 is 36.3 Å². The first-order chi connectivity index (χ1) is 11.6. The van der Waals surface area contributed by atoms with Crippen LogP contribution in [0.3, 0.4) is 0 Å². The zero-order valence-electron chi connectivity index (χ0n) is 13.8. The Bertz CT molecular complexity index is 636. The normalized spacial score (nSPS) is 13.7. The van der Waals surface area contributed by atoms with E-state index in [0.29, 0.717) is 5.56 Å². The maximum atomic E-state index is 13.5. The zero-order chi connectivity index (χ0) is 19.3. The van der Waals surface area contributed by atoms with Crippen LogP contribution in [0.15, 0.2) is 18.2 Å². The van der Waals surface area contributed by atoms with Crippen molar-refractivity contribution in [2.24, 2.45) is 0 Å². The second-order valence-electron chi connectivity index (χ2n) is 4.87. The molecule has 140 valence electrons. The number of nitrogens with one attached hydrogen (secondary N) is 2. The Hall–Kier alpha value is -2.36. The van der Waals surface area contributed by atoms with Gasteiger partial charge in [0.25, 0.3) is 0 Å². The summed E-state index contributed by atoms with van der Waals surface area (Å²) in [4.78, 5) is 23.8. The lowest BCUT2D eigenvalue weighted by atomic mass is 10.2. The average molecular weight is 366 g/mol. The van der Waals surface area contributed by atoms with E-state index in [1.807, 2.05) is 0 Å². The highest BCUT2D eigenvalue weighted by molar-refractivity contribution is 5.94. The smallest absolute Gasteiger partial charge is 0.448 e. The number of carbonyl (C=O) groups excluding carboxylic acids is 2. The maximum Gasteiger partial charge on any atom is 0.448 e. The molecule has 0 aliphatic rings. The van der Waals surface area contributed by atoms with Gasteiger partial charge in [0.1, 0.15) is 5.82 Å². The van der Waals surface area contributed by atoms with Crippen LogP contribution in [0, 0.1) is 12.7 Å². The minimum Gasteiger partial charge on any atom is -0.462 e. The molecule has 2 amide bonds. The molecule has 2 N–H and O–H groups in total. The number of hydrogen-bond donors (Lipinski definition) is 2. The van der Waals surface area contributed by atoms with Crippen LogP contribution in [-0.4, -0.2) is 37.1 Å². The monoisotopic (exact) mass is 366 g/mol. The van der Waals surface area contributed by atoms with Gasteiger partial charge in [0.15, 0.2) is 0 Å². The summed E-state index contributed by atoms with van der Waals surface area (Å²) in [7, 11) is 0. The fourth-order valence-electron chi connectivity index (χ4n) is 1.91. The van der Waals surface area contributed by atoms with Gasteiger partial charge in [0.05, 0.1) is 6.61 Å². The fraction of sp³-hybridized carbons (Fsp3) is 0.467. The van der Waals surface area contributed by atoms with Crippen LogP contribution in [0.1, 0.15) is 19.4 Å². The molecule has 0 saturated heterocycles. The van der Waals surface area contributed by atoms with E-state index in [4.69, 9.17) is 0 Å². The lowest BCUT2D eigenvalue weighted by Crippen LogP contribution is -2.67. The largest absolute Gasteiger partial charge is 0.462 e. The van der Waals surface area contributed by atoms with Gasteiger partial charge >= 0.3 is 23.9 Å². The number of halogens is 4. The molecule has 1 unspecified atom stereocenters. The van der Waals surface area contributed by atoms with Crippen LogP contribution in [-0.2, 0) is 14.3 Å². The molecule has 0 aliphatic carbocycles. The Morgan fingerprint density at radius 3 is 2.32 bits per heavy atom. The number of hydrogen-bond acceptors (Lipinski definition) is 4. The average Bonchev–Trinajstić information content (AvgIpc) is 2.49. The molecule has 0 aliphatic heterocycles. The first-order valence-electron chi connectivity index (χ1n) is 7.30. The first-order valence-corrected chi connectivity index (χ1v) is 7.30. The maximum absolute atomic E-state index is 13.5. The number of amides is 2. The number of aryl methyl sites for hydroxylation is 1. The van der Waals surface area contributed by atoms with Crippen LogP contribution < -0.4 is 10.6 Å². The van der Waals surface area contributed by atoms with Gasteiger partial charge in [-0.05, 0) is 38.5 Å². The Balaban J connectivity index is 3.13. The molecular weight excluding hydrogens is 348 g/mol. The summed E-state index contributed by atoms with van der Waals surface area (Å²) in [6, 6.07) is 1.97. The van der Waals surface area contributed by atoms with Crippen LogP contribution in [0.25, 0.3) is 0 Å². The highest BCUT2D eigenvalue weighted by atomic mass is 19.4.